The van der Waals surface area contributed by atoms with E-state index in [0.29, 0.717) is 41.5 Å². The summed E-state index contributed by atoms with van der Waals surface area (Å²) in [6.45, 7) is 6.52. The standard InChI is InChI=1S/C27H27N7O3/c1-4-37-27(36)22-9-20(19-5-6-19)12-33-13-21(30-25(22)33)14-34-15-24(31-32-34)26(35)29-11-23-16(2)7-18(10-28)8-17(23)3/h7-9,12-13,15,19H,4-6,11,14H2,1-3H3,(H,29,35). The van der Waals surface area contributed by atoms with Gasteiger partial charge in [-0.1, -0.05) is 5.21 Å². The second-order valence-electron chi connectivity index (χ2n) is 9.33. The van der Waals surface area contributed by atoms with Crippen LogP contribution in [-0.2, 0) is 17.8 Å². The second-order valence-corrected chi connectivity index (χ2v) is 9.33. The molecule has 10 nitrogen and oxygen atoms in total. The molecule has 0 bridgehead atoms. The smallest absolute Gasteiger partial charge is 0.341 e. The summed E-state index contributed by atoms with van der Waals surface area (Å²) in [4.78, 5) is 29.9. The maximum atomic E-state index is 12.7. The largest absolute Gasteiger partial charge is 0.462 e. The fourth-order valence-electron chi connectivity index (χ4n) is 4.49. The number of fused-ring (bicyclic) bond motifs is 1. The number of hydrogen-bond donors (Lipinski definition) is 1. The molecule has 0 spiro atoms. The van der Waals surface area contributed by atoms with E-state index in [1.54, 1.807) is 29.9 Å². The van der Waals surface area contributed by atoms with E-state index < -0.39 is 0 Å². The number of imidazole rings is 1. The molecule has 1 amide bonds. The molecular weight excluding hydrogens is 470 g/mol. The molecule has 1 saturated carbocycles. The highest BCUT2D eigenvalue weighted by atomic mass is 16.5. The van der Waals surface area contributed by atoms with Crippen molar-refractivity contribution in [3.8, 4) is 6.07 Å². The predicted octanol–water partition coefficient (Wildman–Crippen LogP) is 3.45. The molecule has 0 unspecified atom stereocenters. The van der Waals surface area contributed by atoms with Gasteiger partial charge in [-0.3, -0.25) is 4.79 Å². The SMILES string of the molecule is CCOC(=O)c1cc(C2CC2)cn2cc(Cn3cc(C(=O)NCc4c(C)cc(C#N)cc4C)nn3)nc12. The van der Waals surface area contributed by atoms with E-state index in [-0.39, 0.29) is 24.1 Å². The second kappa shape index (κ2) is 9.85. The van der Waals surface area contributed by atoms with Gasteiger partial charge < -0.3 is 14.5 Å². The lowest BCUT2D eigenvalue weighted by molar-refractivity contribution is 0.0527. The molecule has 1 aromatic carbocycles. The van der Waals surface area contributed by atoms with Crippen molar-refractivity contribution in [1.82, 2.24) is 29.7 Å². The zero-order valence-electron chi connectivity index (χ0n) is 21.0. The molecule has 37 heavy (non-hydrogen) atoms. The maximum absolute atomic E-state index is 12.7. The molecule has 10 heteroatoms. The number of nitrogens with one attached hydrogen (secondary N) is 1. The van der Waals surface area contributed by atoms with Crippen LogP contribution in [0.2, 0.25) is 0 Å². The number of benzene rings is 1. The quantitative estimate of drug-likeness (QED) is 0.369. The molecule has 0 atom stereocenters. The van der Waals surface area contributed by atoms with Crippen molar-refractivity contribution in [1.29, 1.82) is 5.26 Å². The summed E-state index contributed by atoms with van der Waals surface area (Å²) in [6.07, 6.45) is 7.67. The number of aromatic nitrogens is 5. The summed E-state index contributed by atoms with van der Waals surface area (Å²) in [5.41, 5.74) is 6.40. The molecule has 1 N–H and O–H groups in total. The van der Waals surface area contributed by atoms with Crippen LogP contribution in [0.5, 0.6) is 0 Å². The van der Waals surface area contributed by atoms with Crippen molar-refractivity contribution in [2.24, 2.45) is 0 Å². The van der Waals surface area contributed by atoms with Gasteiger partial charge in [-0.25, -0.2) is 14.5 Å². The van der Waals surface area contributed by atoms with Crippen LogP contribution >= 0.6 is 0 Å². The Labute approximate surface area is 213 Å². The molecule has 3 heterocycles. The van der Waals surface area contributed by atoms with E-state index in [2.05, 4.69) is 26.7 Å². The average Bonchev–Trinajstić information content (AvgIpc) is 3.49. The molecule has 0 saturated heterocycles. The monoisotopic (exact) mass is 497 g/mol. The van der Waals surface area contributed by atoms with Crippen molar-refractivity contribution in [2.45, 2.75) is 52.6 Å². The first-order valence-electron chi connectivity index (χ1n) is 12.2. The lowest BCUT2D eigenvalue weighted by Crippen LogP contribution is -2.24. The Bertz CT molecular complexity index is 1530. The van der Waals surface area contributed by atoms with Gasteiger partial charge in [-0.05, 0) is 80.0 Å². The third-order valence-electron chi connectivity index (χ3n) is 6.51. The number of ether oxygens (including phenoxy) is 1. The molecule has 1 aliphatic carbocycles. The number of nitrogens with zero attached hydrogens (tertiary/aromatic N) is 6. The zero-order chi connectivity index (χ0) is 26.1. The molecule has 1 fully saturated rings. The molecule has 1 aliphatic rings. The van der Waals surface area contributed by atoms with Crippen LogP contribution in [0.4, 0.5) is 0 Å². The number of hydrogen-bond acceptors (Lipinski definition) is 7. The Morgan fingerprint density at radius 3 is 2.59 bits per heavy atom. The van der Waals surface area contributed by atoms with Crippen LogP contribution in [0, 0.1) is 25.2 Å². The van der Waals surface area contributed by atoms with Gasteiger partial charge in [0.1, 0.15) is 5.56 Å². The number of nitriles is 1. The molecule has 188 valence electrons. The number of carbonyl (C=O) groups is 2. The summed E-state index contributed by atoms with van der Waals surface area (Å²) in [5.74, 6) is -0.264. The van der Waals surface area contributed by atoms with Gasteiger partial charge in [-0.2, -0.15) is 5.26 Å². The fraction of sp³-hybridized carbons (Fsp3) is 0.333. The Kier molecular flexibility index (Phi) is 6.44. The van der Waals surface area contributed by atoms with Crippen molar-refractivity contribution < 1.29 is 14.3 Å². The Balaban J connectivity index is 1.31. The van der Waals surface area contributed by atoms with E-state index in [9.17, 15) is 9.59 Å². The third-order valence-corrected chi connectivity index (χ3v) is 6.51. The number of esters is 1. The Morgan fingerprint density at radius 1 is 1.16 bits per heavy atom. The van der Waals surface area contributed by atoms with Crippen molar-refractivity contribution >= 4 is 17.5 Å². The molecule has 0 aliphatic heterocycles. The van der Waals surface area contributed by atoms with Gasteiger partial charge in [0.15, 0.2) is 11.3 Å². The fourth-order valence-corrected chi connectivity index (χ4v) is 4.49. The molecule has 4 aromatic rings. The first kappa shape index (κ1) is 24.2. The minimum atomic E-state index is -0.389. The van der Waals surface area contributed by atoms with E-state index in [4.69, 9.17) is 10.00 Å². The minimum Gasteiger partial charge on any atom is -0.462 e. The van der Waals surface area contributed by atoms with Gasteiger partial charge in [0.25, 0.3) is 5.91 Å². The number of carbonyl (C=O) groups excluding carboxylic acids is 2. The average molecular weight is 498 g/mol. The van der Waals surface area contributed by atoms with E-state index in [1.165, 1.54) is 0 Å². The Morgan fingerprint density at radius 2 is 1.92 bits per heavy atom. The molecular formula is C27H27N7O3. The lowest BCUT2D eigenvalue weighted by Gasteiger charge is -2.11. The normalized spacial score (nSPS) is 12.9. The summed E-state index contributed by atoms with van der Waals surface area (Å²) in [7, 11) is 0. The van der Waals surface area contributed by atoms with Crippen LogP contribution in [0.15, 0.2) is 36.8 Å². The maximum Gasteiger partial charge on any atom is 0.341 e. The summed E-state index contributed by atoms with van der Waals surface area (Å²) in [6, 6.07) is 7.64. The van der Waals surface area contributed by atoms with Crippen LogP contribution in [-0.4, -0.2) is 42.9 Å². The van der Waals surface area contributed by atoms with Gasteiger partial charge in [0, 0.05) is 18.9 Å². The lowest BCUT2D eigenvalue weighted by atomic mass is 9.99. The summed E-state index contributed by atoms with van der Waals surface area (Å²) in [5, 5.41) is 20.1. The highest BCUT2D eigenvalue weighted by Gasteiger charge is 2.27. The predicted molar refractivity (Wildman–Crippen MR) is 134 cm³/mol. The first-order chi connectivity index (χ1) is 17.9. The highest BCUT2D eigenvalue weighted by Crippen LogP contribution is 2.40. The summed E-state index contributed by atoms with van der Waals surface area (Å²) >= 11 is 0. The number of pyridine rings is 1. The minimum absolute atomic E-state index is 0.191. The topological polar surface area (TPSA) is 127 Å². The van der Waals surface area contributed by atoms with Crippen molar-refractivity contribution in [3.63, 3.8) is 0 Å². The van der Waals surface area contributed by atoms with Gasteiger partial charge >= 0.3 is 5.97 Å². The first-order valence-corrected chi connectivity index (χ1v) is 12.2. The van der Waals surface area contributed by atoms with Crippen LogP contribution in [0.25, 0.3) is 5.65 Å². The van der Waals surface area contributed by atoms with Gasteiger partial charge in [-0.15, -0.1) is 5.10 Å². The van der Waals surface area contributed by atoms with Crippen LogP contribution < -0.4 is 5.32 Å². The third kappa shape index (κ3) is 5.07. The van der Waals surface area contributed by atoms with Gasteiger partial charge in [0.05, 0.1) is 36.7 Å². The van der Waals surface area contributed by atoms with E-state index in [1.807, 2.05) is 36.7 Å². The summed E-state index contributed by atoms with van der Waals surface area (Å²) < 4.78 is 8.66. The van der Waals surface area contributed by atoms with Crippen LogP contribution in [0.1, 0.15) is 80.0 Å². The van der Waals surface area contributed by atoms with E-state index >= 15 is 0 Å². The molecule has 0 radical (unpaired) electrons. The zero-order valence-corrected chi connectivity index (χ0v) is 21.0. The Hall–Kier alpha value is -4.52. The number of amides is 1. The van der Waals surface area contributed by atoms with Crippen LogP contribution in [0.3, 0.4) is 0 Å². The van der Waals surface area contributed by atoms with Gasteiger partial charge in [0.2, 0.25) is 0 Å². The van der Waals surface area contributed by atoms with Crippen molar-refractivity contribution in [3.05, 3.63) is 81.6 Å². The van der Waals surface area contributed by atoms with Crippen molar-refractivity contribution in [2.75, 3.05) is 6.61 Å². The molecule has 5 rings (SSSR count). The molecule has 3 aromatic heterocycles. The van der Waals surface area contributed by atoms with E-state index in [0.717, 1.165) is 35.1 Å². The number of aryl methyl sites for hydroxylation is 2. The number of rotatable bonds is 8. The highest BCUT2D eigenvalue weighted by molar-refractivity contribution is 5.96.